The minimum atomic E-state index is -0.537. The zero-order chi connectivity index (χ0) is 22.8. The van der Waals surface area contributed by atoms with Crippen LogP contribution in [0.25, 0.3) is 0 Å². The molecule has 3 N–H and O–H groups in total. The quantitative estimate of drug-likeness (QED) is 0.182. The molecule has 0 aromatic rings. The summed E-state index contributed by atoms with van der Waals surface area (Å²) in [7, 11) is 1.74. The molecular weight excluding hydrogens is 511 g/mol. The molecule has 0 saturated heterocycles. The smallest absolute Gasteiger partial charge is 0.408 e. The molecule has 8 nitrogen and oxygen atoms in total. The van der Waals surface area contributed by atoms with E-state index in [1.807, 2.05) is 27.7 Å². The fourth-order valence-corrected chi connectivity index (χ4v) is 3.62. The molecule has 0 aromatic heterocycles. The number of hydrogen-bond acceptors (Lipinski definition) is 5. The van der Waals surface area contributed by atoms with Gasteiger partial charge in [-0.05, 0) is 66.2 Å². The molecule has 0 heterocycles. The molecule has 1 amide bonds. The number of rotatable bonds is 8. The second-order valence-corrected chi connectivity index (χ2v) is 8.99. The Morgan fingerprint density at radius 3 is 2.06 bits per heavy atom. The molecule has 0 atom stereocenters. The first-order valence-electron chi connectivity index (χ1n) is 11.2. The molecule has 0 radical (unpaired) electrons. The normalized spacial score (nSPS) is 19.6. The molecule has 1 aliphatic rings. The van der Waals surface area contributed by atoms with Crippen LogP contribution < -0.4 is 16.0 Å². The van der Waals surface area contributed by atoms with Gasteiger partial charge in [-0.15, -0.1) is 24.0 Å². The van der Waals surface area contributed by atoms with Crippen LogP contribution in [0.3, 0.4) is 0 Å². The number of guanidine groups is 1. The van der Waals surface area contributed by atoms with Gasteiger partial charge in [-0.2, -0.15) is 0 Å². The largest absolute Gasteiger partial charge is 0.466 e. The van der Waals surface area contributed by atoms with Gasteiger partial charge in [0.2, 0.25) is 0 Å². The maximum atomic E-state index is 12.3. The monoisotopic (exact) mass is 554 g/mol. The number of aliphatic imine (C=N–C) groups is 1. The zero-order valence-electron chi connectivity index (χ0n) is 20.3. The number of carbonyl (C=O) groups is 2. The van der Waals surface area contributed by atoms with E-state index in [1.165, 1.54) is 0 Å². The average molecular weight is 555 g/mol. The van der Waals surface area contributed by atoms with E-state index in [0.29, 0.717) is 19.1 Å². The summed E-state index contributed by atoms with van der Waals surface area (Å²) in [4.78, 5) is 28.6. The Hall–Kier alpha value is -1.26. The summed E-state index contributed by atoms with van der Waals surface area (Å²) in [5, 5.41) is 9.85. The van der Waals surface area contributed by atoms with Crippen molar-refractivity contribution in [1.82, 2.24) is 16.0 Å². The molecule has 1 aliphatic carbocycles. The Labute approximate surface area is 205 Å². The predicted octanol–water partition coefficient (Wildman–Crippen LogP) is 3.97. The van der Waals surface area contributed by atoms with Crippen LogP contribution in [0, 0.1) is 5.92 Å². The maximum Gasteiger partial charge on any atom is 0.408 e. The second kappa shape index (κ2) is 14.0. The van der Waals surface area contributed by atoms with Crippen LogP contribution in [0.1, 0.15) is 80.1 Å². The van der Waals surface area contributed by atoms with Crippen molar-refractivity contribution < 1.29 is 19.1 Å². The molecule has 0 aromatic carbocycles. The van der Waals surface area contributed by atoms with Gasteiger partial charge in [-0.1, -0.05) is 13.8 Å². The summed E-state index contributed by atoms with van der Waals surface area (Å²) in [6.07, 6.45) is 4.55. The van der Waals surface area contributed by atoms with Gasteiger partial charge in [0, 0.05) is 19.6 Å². The topological polar surface area (TPSA) is 101 Å². The number of esters is 1. The van der Waals surface area contributed by atoms with E-state index in [-0.39, 0.29) is 41.9 Å². The lowest BCUT2D eigenvalue weighted by Gasteiger charge is -2.35. The Bertz CT molecular complexity index is 581. The first-order valence-corrected chi connectivity index (χ1v) is 11.2. The summed E-state index contributed by atoms with van der Waals surface area (Å²) in [6, 6.07) is 0.262. The van der Waals surface area contributed by atoms with E-state index < -0.39 is 17.2 Å². The standard InChI is InChI=1S/C22H42N4O4.HI/c1-8-22(9-2,26-20(28)30-21(4,5)6)15-24-19(23-7)25-17-13-11-16(12-14-17)18(27)29-10-3;/h16-17H,8-15H2,1-7H3,(H,26,28)(H2,23,24,25);1H. The lowest BCUT2D eigenvalue weighted by Crippen LogP contribution is -2.57. The van der Waals surface area contributed by atoms with Crippen molar-refractivity contribution in [2.24, 2.45) is 10.9 Å². The number of nitrogens with zero attached hydrogens (tertiary/aromatic N) is 1. The summed E-state index contributed by atoms with van der Waals surface area (Å²) in [5.41, 5.74) is -0.966. The number of amides is 1. The molecule has 31 heavy (non-hydrogen) atoms. The third-order valence-electron chi connectivity index (χ3n) is 5.63. The molecule has 1 saturated carbocycles. The van der Waals surface area contributed by atoms with Crippen LogP contribution in [0.5, 0.6) is 0 Å². The first-order chi connectivity index (χ1) is 14.1. The fraction of sp³-hybridized carbons (Fsp3) is 0.864. The third-order valence-corrected chi connectivity index (χ3v) is 5.63. The maximum absolute atomic E-state index is 12.3. The third kappa shape index (κ3) is 10.7. The summed E-state index contributed by atoms with van der Waals surface area (Å²) in [6.45, 7) is 12.5. The lowest BCUT2D eigenvalue weighted by molar-refractivity contribution is -0.149. The van der Waals surface area contributed by atoms with Gasteiger partial charge in [-0.25, -0.2) is 4.79 Å². The van der Waals surface area contributed by atoms with E-state index in [1.54, 1.807) is 7.05 Å². The highest BCUT2D eigenvalue weighted by atomic mass is 127. The highest BCUT2D eigenvalue weighted by molar-refractivity contribution is 14.0. The minimum Gasteiger partial charge on any atom is -0.466 e. The van der Waals surface area contributed by atoms with Crippen LogP contribution in [0.4, 0.5) is 4.79 Å². The first kappa shape index (κ1) is 29.7. The van der Waals surface area contributed by atoms with Crippen LogP contribution in [-0.4, -0.2) is 55.4 Å². The molecule has 0 aliphatic heterocycles. The van der Waals surface area contributed by atoms with Crippen LogP contribution in [0.15, 0.2) is 4.99 Å². The zero-order valence-corrected chi connectivity index (χ0v) is 22.6. The highest BCUT2D eigenvalue weighted by Crippen LogP contribution is 2.25. The van der Waals surface area contributed by atoms with Crippen LogP contribution >= 0.6 is 24.0 Å². The Balaban J connectivity index is 0.00000900. The SMILES string of the molecule is CCOC(=O)C1CCC(NC(=NC)NCC(CC)(CC)NC(=O)OC(C)(C)C)CC1.I. The number of hydrogen-bond donors (Lipinski definition) is 3. The van der Waals surface area contributed by atoms with Crippen molar-refractivity contribution in [3.63, 3.8) is 0 Å². The summed E-state index contributed by atoms with van der Waals surface area (Å²) in [5.74, 6) is 0.623. The lowest BCUT2D eigenvalue weighted by atomic mass is 9.86. The van der Waals surface area contributed by atoms with Crippen molar-refractivity contribution in [1.29, 1.82) is 0 Å². The number of alkyl carbamates (subject to hydrolysis) is 1. The second-order valence-electron chi connectivity index (χ2n) is 8.99. The Morgan fingerprint density at radius 1 is 1.03 bits per heavy atom. The van der Waals surface area contributed by atoms with Gasteiger partial charge in [0.1, 0.15) is 5.60 Å². The number of nitrogens with one attached hydrogen (secondary N) is 3. The number of ether oxygens (including phenoxy) is 2. The predicted molar refractivity (Wildman–Crippen MR) is 135 cm³/mol. The molecule has 1 rings (SSSR count). The fourth-order valence-electron chi connectivity index (χ4n) is 3.62. The van der Waals surface area contributed by atoms with Gasteiger partial charge in [-0.3, -0.25) is 9.79 Å². The van der Waals surface area contributed by atoms with Crippen molar-refractivity contribution in [3.8, 4) is 0 Å². The van der Waals surface area contributed by atoms with Crippen LogP contribution in [0.2, 0.25) is 0 Å². The van der Waals surface area contributed by atoms with Crippen molar-refractivity contribution in [2.75, 3.05) is 20.2 Å². The van der Waals surface area contributed by atoms with Gasteiger partial charge in [0.15, 0.2) is 5.96 Å². The molecule has 0 bridgehead atoms. The highest BCUT2D eigenvalue weighted by Gasteiger charge is 2.31. The molecule has 1 fully saturated rings. The van der Waals surface area contributed by atoms with Gasteiger partial charge >= 0.3 is 12.1 Å². The Morgan fingerprint density at radius 2 is 1.61 bits per heavy atom. The van der Waals surface area contributed by atoms with Gasteiger partial charge in [0.05, 0.1) is 18.1 Å². The Kier molecular flexibility index (Phi) is 13.4. The number of carbonyl (C=O) groups excluding carboxylic acids is 2. The van der Waals surface area contributed by atoms with Crippen molar-refractivity contribution in [2.45, 2.75) is 97.2 Å². The van der Waals surface area contributed by atoms with E-state index in [2.05, 4.69) is 34.8 Å². The molecule has 182 valence electrons. The summed E-state index contributed by atoms with van der Waals surface area (Å²) < 4.78 is 10.6. The summed E-state index contributed by atoms with van der Waals surface area (Å²) >= 11 is 0. The molecule has 9 heteroatoms. The van der Waals surface area contributed by atoms with Crippen molar-refractivity contribution >= 4 is 42.0 Å². The van der Waals surface area contributed by atoms with Gasteiger partial charge in [0.25, 0.3) is 0 Å². The molecular formula is C22H43IN4O4. The molecule has 0 unspecified atom stereocenters. The van der Waals surface area contributed by atoms with E-state index in [4.69, 9.17) is 9.47 Å². The average Bonchev–Trinajstić information content (AvgIpc) is 2.69. The van der Waals surface area contributed by atoms with E-state index in [0.717, 1.165) is 38.5 Å². The number of halogens is 1. The molecule has 0 spiro atoms. The van der Waals surface area contributed by atoms with Crippen LogP contribution in [-0.2, 0) is 14.3 Å². The minimum absolute atomic E-state index is 0. The van der Waals surface area contributed by atoms with E-state index in [9.17, 15) is 9.59 Å². The van der Waals surface area contributed by atoms with Gasteiger partial charge < -0.3 is 25.4 Å². The van der Waals surface area contributed by atoms with E-state index >= 15 is 0 Å². The van der Waals surface area contributed by atoms with Crippen molar-refractivity contribution in [3.05, 3.63) is 0 Å².